The van der Waals surface area contributed by atoms with E-state index < -0.39 is 11.9 Å². The van der Waals surface area contributed by atoms with Crippen molar-refractivity contribution in [2.75, 3.05) is 0 Å². The smallest absolute Gasteiger partial charge is 0.362 e. The van der Waals surface area contributed by atoms with Crippen LogP contribution in [0.2, 0.25) is 0 Å². The van der Waals surface area contributed by atoms with Crippen LogP contribution in [0.15, 0.2) is 30.3 Å². The highest BCUT2D eigenvalue weighted by Crippen LogP contribution is 2.17. The Bertz CT molecular complexity index is 671. The monoisotopic (exact) mass is 288 g/mol. The molecule has 0 aliphatic heterocycles. The zero-order chi connectivity index (χ0) is 15.6. The van der Waals surface area contributed by atoms with Crippen LogP contribution >= 0.6 is 0 Å². The predicted molar refractivity (Wildman–Crippen MR) is 75.7 cm³/mol. The van der Waals surface area contributed by atoms with Crippen molar-refractivity contribution in [1.29, 1.82) is 0 Å². The van der Waals surface area contributed by atoms with Crippen LogP contribution in [0.4, 0.5) is 0 Å². The van der Waals surface area contributed by atoms with Gasteiger partial charge in [0.2, 0.25) is 0 Å². The van der Waals surface area contributed by atoms with Crippen LogP contribution in [-0.4, -0.2) is 26.8 Å². The first-order chi connectivity index (χ1) is 9.88. The highest BCUT2D eigenvalue weighted by molar-refractivity contribution is 5.93. The van der Waals surface area contributed by atoms with Crippen LogP contribution in [0.1, 0.15) is 46.4 Å². The van der Waals surface area contributed by atoms with Gasteiger partial charge in [0.1, 0.15) is 11.4 Å². The van der Waals surface area contributed by atoms with Crippen LogP contribution in [0, 0.1) is 6.92 Å². The lowest BCUT2D eigenvalue weighted by Gasteiger charge is -2.10. The van der Waals surface area contributed by atoms with Gasteiger partial charge in [0.15, 0.2) is 5.69 Å². The lowest BCUT2D eigenvalue weighted by Crippen LogP contribution is -2.17. The van der Waals surface area contributed by atoms with Crippen molar-refractivity contribution in [3.63, 3.8) is 0 Å². The number of hydrogen-bond donors (Lipinski definition) is 1. The minimum atomic E-state index is -1.18. The predicted octanol–water partition coefficient (Wildman–Crippen LogP) is 2.69. The van der Waals surface area contributed by atoms with Gasteiger partial charge in [-0.05, 0) is 32.9 Å². The molecular formula is C15H16N2O4. The molecule has 6 heteroatoms. The first kappa shape index (κ1) is 14.8. The Hall–Kier alpha value is -2.63. The Labute approximate surface area is 122 Å². The fourth-order valence-corrected chi connectivity index (χ4v) is 1.81. The number of carbonyl (C=O) groups excluding carboxylic acids is 1. The normalized spacial score (nSPS) is 10.7. The maximum Gasteiger partial charge on any atom is 0.362 e. The summed E-state index contributed by atoms with van der Waals surface area (Å²) in [5.74, 6) is -1.41. The molecule has 1 N–H and O–H groups in total. The van der Waals surface area contributed by atoms with E-state index in [9.17, 15) is 9.59 Å². The highest BCUT2D eigenvalue weighted by atomic mass is 16.5. The molecule has 1 aromatic heterocycles. The zero-order valence-electron chi connectivity index (χ0n) is 12.0. The topological polar surface area (TPSA) is 81.4 Å². The van der Waals surface area contributed by atoms with Crippen molar-refractivity contribution < 1.29 is 19.4 Å². The maximum atomic E-state index is 12.2. The number of aryl methyl sites for hydroxylation is 1. The number of nitrogens with zero attached hydrogens (tertiary/aromatic N) is 2. The highest BCUT2D eigenvalue weighted by Gasteiger charge is 2.21. The molecule has 0 amide bonds. The molecule has 2 rings (SSSR count). The molecule has 0 bridgehead atoms. The van der Waals surface area contributed by atoms with Gasteiger partial charge in [0.05, 0.1) is 0 Å². The quantitative estimate of drug-likeness (QED) is 0.691. The number of aromatic nitrogens is 2. The van der Waals surface area contributed by atoms with Crippen LogP contribution in [0.5, 0.6) is 5.75 Å². The molecule has 2 aromatic rings. The Kier molecular flexibility index (Phi) is 4.07. The van der Waals surface area contributed by atoms with Crippen molar-refractivity contribution in [3.8, 4) is 5.75 Å². The van der Waals surface area contributed by atoms with E-state index >= 15 is 0 Å². The molecule has 0 unspecified atom stereocenters. The van der Waals surface area contributed by atoms with Gasteiger partial charge in [-0.3, -0.25) is 4.68 Å². The minimum Gasteiger partial charge on any atom is -0.476 e. The number of aromatic carboxylic acids is 1. The third kappa shape index (κ3) is 3.28. The van der Waals surface area contributed by atoms with Gasteiger partial charge in [0, 0.05) is 12.1 Å². The van der Waals surface area contributed by atoms with Crippen LogP contribution in [-0.2, 0) is 0 Å². The number of carboxylic acid groups (broad SMARTS) is 1. The Morgan fingerprint density at radius 1 is 1.24 bits per heavy atom. The molecule has 0 saturated heterocycles. The van der Waals surface area contributed by atoms with E-state index in [-0.39, 0.29) is 17.4 Å². The number of carboxylic acids is 1. The van der Waals surface area contributed by atoms with Crippen LogP contribution < -0.4 is 4.74 Å². The number of benzene rings is 1. The molecule has 0 fully saturated rings. The third-order valence-corrected chi connectivity index (χ3v) is 2.88. The van der Waals surface area contributed by atoms with E-state index in [4.69, 9.17) is 9.84 Å². The van der Waals surface area contributed by atoms with Crippen molar-refractivity contribution in [2.24, 2.45) is 0 Å². The molecule has 0 spiro atoms. The summed E-state index contributed by atoms with van der Waals surface area (Å²) in [6, 6.07) is 8.08. The minimum absolute atomic E-state index is 0.114. The molecular weight excluding hydrogens is 272 g/mol. The molecule has 21 heavy (non-hydrogen) atoms. The summed E-state index contributed by atoms with van der Waals surface area (Å²) in [5, 5.41) is 12.9. The molecule has 6 nitrogen and oxygen atoms in total. The number of rotatable bonds is 4. The van der Waals surface area contributed by atoms with Gasteiger partial charge >= 0.3 is 11.9 Å². The SMILES string of the molecule is Cc1ccc(OC(=O)c2cc(C(=O)O)nn2C(C)C)cc1. The fourth-order valence-electron chi connectivity index (χ4n) is 1.81. The largest absolute Gasteiger partial charge is 0.476 e. The van der Waals surface area contributed by atoms with Crippen molar-refractivity contribution in [3.05, 3.63) is 47.3 Å². The van der Waals surface area contributed by atoms with Crippen molar-refractivity contribution >= 4 is 11.9 Å². The average molecular weight is 288 g/mol. The molecule has 0 atom stereocenters. The van der Waals surface area contributed by atoms with E-state index in [1.165, 1.54) is 10.7 Å². The van der Waals surface area contributed by atoms with E-state index in [1.54, 1.807) is 26.0 Å². The summed E-state index contributed by atoms with van der Waals surface area (Å²) in [7, 11) is 0. The molecule has 0 aliphatic rings. The van der Waals surface area contributed by atoms with Crippen molar-refractivity contribution in [1.82, 2.24) is 9.78 Å². The summed E-state index contributed by atoms with van der Waals surface area (Å²) in [6.45, 7) is 5.54. The number of esters is 1. The first-order valence-electron chi connectivity index (χ1n) is 6.50. The summed E-state index contributed by atoms with van der Waals surface area (Å²) >= 11 is 0. The van der Waals surface area contributed by atoms with Gasteiger partial charge in [-0.15, -0.1) is 0 Å². The number of ether oxygens (including phenoxy) is 1. The van der Waals surface area contributed by atoms with Crippen LogP contribution in [0.3, 0.4) is 0 Å². The van der Waals surface area contributed by atoms with E-state index in [0.717, 1.165) is 5.56 Å². The van der Waals surface area contributed by atoms with Gasteiger partial charge in [-0.25, -0.2) is 9.59 Å². The van der Waals surface area contributed by atoms with Crippen molar-refractivity contribution in [2.45, 2.75) is 26.8 Å². The summed E-state index contributed by atoms with van der Waals surface area (Å²) < 4.78 is 6.59. The Balaban J connectivity index is 2.29. The fraction of sp³-hybridized carbons (Fsp3) is 0.267. The molecule has 0 radical (unpaired) electrons. The molecule has 0 saturated carbocycles. The van der Waals surface area contributed by atoms with Gasteiger partial charge in [-0.1, -0.05) is 17.7 Å². The zero-order valence-corrected chi connectivity index (χ0v) is 12.0. The number of carbonyl (C=O) groups is 2. The Morgan fingerprint density at radius 2 is 1.86 bits per heavy atom. The van der Waals surface area contributed by atoms with Gasteiger partial charge in [0.25, 0.3) is 0 Å². The summed E-state index contributed by atoms with van der Waals surface area (Å²) in [4.78, 5) is 23.2. The standard InChI is InChI=1S/C15H16N2O4/c1-9(2)17-13(8-12(16-17)14(18)19)15(20)21-11-6-4-10(3)5-7-11/h4-9H,1-3H3,(H,18,19). The molecule has 0 aliphatic carbocycles. The summed E-state index contributed by atoms with van der Waals surface area (Å²) in [5.41, 5.74) is 0.984. The average Bonchev–Trinajstić information content (AvgIpc) is 2.87. The third-order valence-electron chi connectivity index (χ3n) is 2.88. The van der Waals surface area contributed by atoms with E-state index in [1.807, 2.05) is 19.1 Å². The van der Waals surface area contributed by atoms with Gasteiger partial charge in [-0.2, -0.15) is 5.10 Å². The Morgan fingerprint density at radius 3 is 2.38 bits per heavy atom. The van der Waals surface area contributed by atoms with E-state index in [2.05, 4.69) is 5.10 Å². The van der Waals surface area contributed by atoms with E-state index in [0.29, 0.717) is 5.75 Å². The molecule has 110 valence electrons. The maximum absolute atomic E-state index is 12.2. The summed E-state index contributed by atoms with van der Waals surface area (Å²) in [6.07, 6.45) is 0. The molecule has 1 heterocycles. The lowest BCUT2D eigenvalue weighted by atomic mass is 10.2. The number of hydrogen-bond acceptors (Lipinski definition) is 4. The second kappa shape index (κ2) is 5.78. The second-order valence-corrected chi connectivity index (χ2v) is 4.96. The van der Waals surface area contributed by atoms with Gasteiger partial charge < -0.3 is 9.84 Å². The molecule has 1 aromatic carbocycles. The van der Waals surface area contributed by atoms with Crippen LogP contribution in [0.25, 0.3) is 0 Å². The second-order valence-electron chi connectivity index (χ2n) is 4.96. The first-order valence-corrected chi connectivity index (χ1v) is 6.50. The lowest BCUT2D eigenvalue weighted by molar-refractivity contribution is 0.0686.